The van der Waals surface area contributed by atoms with Crippen molar-refractivity contribution in [2.45, 2.75) is 33.1 Å². The summed E-state index contributed by atoms with van der Waals surface area (Å²) >= 11 is 0. The standard InChI is InChI=1S/C16H23N3O2/c1-3-16(4-2)8-9-19(11-16)15(20)13-7-5-6-12(10-13)14(17)18-21/h5-7,10,21H,3-4,8-9,11H2,1-2H3,(H2,17,18). The van der Waals surface area contributed by atoms with E-state index in [1.807, 2.05) is 4.90 Å². The molecule has 5 heteroatoms. The number of carbonyl (C=O) groups is 1. The molecule has 114 valence electrons. The number of carbonyl (C=O) groups excluding carboxylic acids is 1. The van der Waals surface area contributed by atoms with Crippen LogP contribution in [0, 0.1) is 5.41 Å². The van der Waals surface area contributed by atoms with Crippen molar-refractivity contribution in [1.82, 2.24) is 4.90 Å². The van der Waals surface area contributed by atoms with E-state index < -0.39 is 0 Å². The lowest BCUT2D eigenvalue weighted by Gasteiger charge is -2.26. The average molecular weight is 289 g/mol. The first-order valence-corrected chi connectivity index (χ1v) is 7.42. The van der Waals surface area contributed by atoms with Crippen molar-refractivity contribution < 1.29 is 10.0 Å². The Balaban J connectivity index is 2.18. The Labute approximate surface area is 125 Å². The molecule has 3 N–H and O–H groups in total. The summed E-state index contributed by atoms with van der Waals surface area (Å²) in [6.45, 7) is 5.99. The zero-order valence-electron chi connectivity index (χ0n) is 12.7. The number of nitrogens with zero attached hydrogens (tertiary/aromatic N) is 2. The third-order valence-corrected chi connectivity index (χ3v) is 4.74. The molecule has 1 amide bonds. The number of oxime groups is 1. The van der Waals surface area contributed by atoms with Gasteiger partial charge in [-0.3, -0.25) is 4.79 Å². The zero-order chi connectivity index (χ0) is 15.5. The number of hydrogen-bond donors (Lipinski definition) is 2. The summed E-state index contributed by atoms with van der Waals surface area (Å²) in [5.41, 5.74) is 6.98. The van der Waals surface area contributed by atoms with E-state index in [4.69, 9.17) is 10.9 Å². The van der Waals surface area contributed by atoms with Crippen LogP contribution in [0.2, 0.25) is 0 Å². The molecule has 1 saturated heterocycles. The molecule has 5 nitrogen and oxygen atoms in total. The summed E-state index contributed by atoms with van der Waals surface area (Å²) in [6, 6.07) is 6.92. The highest BCUT2D eigenvalue weighted by atomic mass is 16.4. The van der Waals surface area contributed by atoms with E-state index in [1.165, 1.54) is 0 Å². The number of amides is 1. The Morgan fingerprint density at radius 1 is 1.38 bits per heavy atom. The van der Waals surface area contributed by atoms with E-state index in [1.54, 1.807) is 24.3 Å². The molecule has 0 radical (unpaired) electrons. The lowest BCUT2D eigenvalue weighted by atomic mass is 9.82. The van der Waals surface area contributed by atoms with Crippen LogP contribution in [-0.2, 0) is 0 Å². The summed E-state index contributed by atoms with van der Waals surface area (Å²) in [4.78, 5) is 14.5. The molecule has 0 spiro atoms. The largest absolute Gasteiger partial charge is 0.409 e. The molecule has 1 aliphatic heterocycles. The van der Waals surface area contributed by atoms with Crippen molar-refractivity contribution in [3.8, 4) is 0 Å². The number of amidine groups is 1. The van der Waals surface area contributed by atoms with Gasteiger partial charge in [0.1, 0.15) is 0 Å². The molecule has 1 fully saturated rings. The molecule has 1 aromatic rings. The van der Waals surface area contributed by atoms with Crippen LogP contribution in [0.25, 0.3) is 0 Å². The highest BCUT2D eigenvalue weighted by Crippen LogP contribution is 2.37. The summed E-state index contributed by atoms with van der Waals surface area (Å²) in [5.74, 6) is 0.0360. The van der Waals surface area contributed by atoms with Crippen LogP contribution in [0.3, 0.4) is 0 Å². The monoisotopic (exact) mass is 289 g/mol. The SMILES string of the molecule is CCC1(CC)CCN(C(=O)c2cccc(/C(N)=N/O)c2)C1. The molecule has 0 saturated carbocycles. The van der Waals surface area contributed by atoms with Crippen LogP contribution in [0.1, 0.15) is 49.0 Å². The normalized spacial score (nSPS) is 18.0. The fourth-order valence-corrected chi connectivity index (χ4v) is 2.99. The Morgan fingerprint density at radius 3 is 2.62 bits per heavy atom. The van der Waals surface area contributed by atoms with E-state index in [-0.39, 0.29) is 17.2 Å². The van der Waals surface area contributed by atoms with Crippen LogP contribution < -0.4 is 5.73 Å². The van der Waals surface area contributed by atoms with Crippen molar-refractivity contribution in [3.05, 3.63) is 35.4 Å². The maximum atomic E-state index is 12.6. The molecule has 2 rings (SSSR count). The van der Waals surface area contributed by atoms with E-state index >= 15 is 0 Å². The van der Waals surface area contributed by atoms with Gasteiger partial charge in [-0.25, -0.2) is 0 Å². The maximum Gasteiger partial charge on any atom is 0.253 e. The van der Waals surface area contributed by atoms with Gasteiger partial charge in [0, 0.05) is 24.2 Å². The van der Waals surface area contributed by atoms with Crippen LogP contribution in [0.15, 0.2) is 29.4 Å². The summed E-state index contributed by atoms with van der Waals surface area (Å²) in [7, 11) is 0. The highest BCUT2D eigenvalue weighted by molar-refractivity contribution is 6.01. The van der Waals surface area contributed by atoms with Crippen molar-refractivity contribution in [1.29, 1.82) is 0 Å². The Kier molecular flexibility index (Phi) is 4.50. The number of nitrogens with two attached hydrogens (primary N) is 1. The summed E-state index contributed by atoms with van der Waals surface area (Å²) in [5, 5.41) is 11.7. The topological polar surface area (TPSA) is 78.9 Å². The number of rotatable bonds is 4. The molecular weight excluding hydrogens is 266 g/mol. The van der Waals surface area contributed by atoms with Gasteiger partial charge in [-0.1, -0.05) is 31.1 Å². The van der Waals surface area contributed by atoms with Crippen LogP contribution in [0.5, 0.6) is 0 Å². The zero-order valence-corrected chi connectivity index (χ0v) is 12.7. The fourth-order valence-electron chi connectivity index (χ4n) is 2.99. The molecule has 0 unspecified atom stereocenters. The molecule has 1 heterocycles. The van der Waals surface area contributed by atoms with Gasteiger partial charge in [0.25, 0.3) is 5.91 Å². The van der Waals surface area contributed by atoms with Crippen molar-refractivity contribution in [2.75, 3.05) is 13.1 Å². The van der Waals surface area contributed by atoms with Crippen molar-refractivity contribution >= 4 is 11.7 Å². The van der Waals surface area contributed by atoms with Crippen LogP contribution in [-0.4, -0.2) is 34.9 Å². The average Bonchev–Trinajstić information content (AvgIpc) is 2.98. The Bertz CT molecular complexity index is 550. The molecule has 0 aromatic heterocycles. The second-order valence-electron chi connectivity index (χ2n) is 5.75. The van der Waals surface area contributed by atoms with Gasteiger partial charge in [0.15, 0.2) is 5.84 Å². The van der Waals surface area contributed by atoms with Gasteiger partial charge in [0.2, 0.25) is 0 Å². The Hall–Kier alpha value is -2.04. The minimum Gasteiger partial charge on any atom is -0.409 e. The number of hydrogen-bond acceptors (Lipinski definition) is 3. The lowest BCUT2D eigenvalue weighted by Crippen LogP contribution is -2.32. The van der Waals surface area contributed by atoms with E-state index in [9.17, 15) is 4.79 Å². The van der Waals surface area contributed by atoms with Crippen molar-refractivity contribution in [2.24, 2.45) is 16.3 Å². The maximum absolute atomic E-state index is 12.6. The predicted molar refractivity (Wildman–Crippen MR) is 82.5 cm³/mol. The van der Waals surface area contributed by atoms with E-state index in [0.29, 0.717) is 11.1 Å². The molecule has 21 heavy (non-hydrogen) atoms. The van der Waals surface area contributed by atoms with Gasteiger partial charge in [-0.05, 0) is 36.8 Å². The molecule has 0 atom stereocenters. The molecule has 0 bridgehead atoms. The minimum atomic E-state index is 0.0162. The van der Waals surface area contributed by atoms with Gasteiger partial charge >= 0.3 is 0 Å². The first-order chi connectivity index (χ1) is 10.0. The predicted octanol–water partition coefficient (Wildman–Crippen LogP) is 2.43. The third kappa shape index (κ3) is 3.01. The summed E-state index contributed by atoms with van der Waals surface area (Å²) < 4.78 is 0. The third-order valence-electron chi connectivity index (χ3n) is 4.74. The van der Waals surface area contributed by atoms with Crippen molar-refractivity contribution in [3.63, 3.8) is 0 Å². The Morgan fingerprint density at radius 2 is 2.05 bits per heavy atom. The lowest BCUT2D eigenvalue weighted by molar-refractivity contribution is 0.0770. The van der Waals surface area contributed by atoms with Gasteiger partial charge in [-0.2, -0.15) is 0 Å². The first-order valence-electron chi connectivity index (χ1n) is 7.42. The van der Waals surface area contributed by atoms with Gasteiger partial charge in [0.05, 0.1) is 0 Å². The number of benzene rings is 1. The highest BCUT2D eigenvalue weighted by Gasteiger charge is 2.37. The molecule has 1 aromatic carbocycles. The molecular formula is C16H23N3O2. The van der Waals surface area contributed by atoms with E-state index in [2.05, 4.69) is 19.0 Å². The first kappa shape index (κ1) is 15.4. The fraction of sp³-hybridized carbons (Fsp3) is 0.500. The minimum absolute atomic E-state index is 0.0162. The second kappa shape index (κ2) is 6.16. The molecule has 0 aliphatic carbocycles. The van der Waals surface area contributed by atoms with Crippen LogP contribution in [0.4, 0.5) is 0 Å². The van der Waals surface area contributed by atoms with Gasteiger partial charge in [-0.15, -0.1) is 0 Å². The quantitative estimate of drug-likeness (QED) is 0.387. The second-order valence-corrected chi connectivity index (χ2v) is 5.75. The van der Waals surface area contributed by atoms with E-state index in [0.717, 1.165) is 32.4 Å². The number of likely N-dealkylation sites (tertiary alicyclic amines) is 1. The van der Waals surface area contributed by atoms with Gasteiger partial charge < -0.3 is 15.8 Å². The van der Waals surface area contributed by atoms with Crippen LogP contribution >= 0.6 is 0 Å². The smallest absolute Gasteiger partial charge is 0.253 e. The molecule has 1 aliphatic rings. The summed E-state index contributed by atoms with van der Waals surface area (Å²) in [6.07, 6.45) is 3.25.